The molecule has 0 atom stereocenters. The second-order valence-electron chi connectivity index (χ2n) is 3.07. The van der Waals surface area contributed by atoms with Crippen LogP contribution in [0.15, 0.2) is 42.7 Å². The molecule has 0 saturated carbocycles. The van der Waals surface area contributed by atoms with Crippen LogP contribution in [0.2, 0.25) is 0 Å². The highest BCUT2D eigenvalue weighted by atomic mass is 19.1. The highest BCUT2D eigenvalue weighted by Crippen LogP contribution is 2.10. The SMILES string of the molecule is Cc1ccn(-c2ccc(F)cc2)c1. The van der Waals surface area contributed by atoms with Gasteiger partial charge in [0.25, 0.3) is 0 Å². The van der Waals surface area contributed by atoms with E-state index in [0.717, 1.165) is 5.69 Å². The molecule has 2 aromatic rings. The summed E-state index contributed by atoms with van der Waals surface area (Å²) < 4.78 is 14.6. The Morgan fingerprint density at radius 1 is 1.08 bits per heavy atom. The molecule has 0 bridgehead atoms. The van der Waals surface area contributed by atoms with Crippen LogP contribution in [-0.4, -0.2) is 4.57 Å². The van der Waals surface area contributed by atoms with Crippen LogP contribution in [0.3, 0.4) is 0 Å². The molecular formula is C11H10FN. The van der Waals surface area contributed by atoms with Crippen LogP contribution in [0.1, 0.15) is 5.56 Å². The average Bonchev–Trinajstić information content (AvgIpc) is 2.53. The van der Waals surface area contributed by atoms with E-state index in [4.69, 9.17) is 0 Å². The van der Waals surface area contributed by atoms with Crippen LogP contribution in [0, 0.1) is 12.7 Å². The maximum absolute atomic E-state index is 12.6. The van der Waals surface area contributed by atoms with E-state index in [0.29, 0.717) is 0 Å². The Labute approximate surface area is 76.4 Å². The zero-order chi connectivity index (χ0) is 9.26. The lowest BCUT2D eigenvalue weighted by Gasteiger charge is -2.01. The van der Waals surface area contributed by atoms with Crippen molar-refractivity contribution in [3.8, 4) is 5.69 Å². The van der Waals surface area contributed by atoms with Gasteiger partial charge in [-0.3, -0.25) is 0 Å². The lowest BCUT2D eigenvalue weighted by atomic mass is 10.3. The van der Waals surface area contributed by atoms with Crippen molar-refractivity contribution in [2.24, 2.45) is 0 Å². The lowest BCUT2D eigenvalue weighted by Crippen LogP contribution is -1.88. The first-order valence-electron chi connectivity index (χ1n) is 4.16. The van der Waals surface area contributed by atoms with E-state index in [1.54, 1.807) is 12.1 Å². The number of halogens is 1. The fourth-order valence-corrected chi connectivity index (χ4v) is 1.28. The van der Waals surface area contributed by atoms with Gasteiger partial charge >= 0.3 is 0 Å². The lowest BCUT2D eigenvalue weighted by molar-refractivity contribution is 0.627. The Kier molecular flexibility index (Phi) is 1.89. The molecule has 66 valence electrons. The van der Waals surface area contributed by atoms with Crippen molar-refractivity contribution in [1.29, 1.82) is 0 Å². The zero-order valence-corrected chi connectivity index (χ0v) is 7.37. The summed E-state index contributed by atoms with van der Waals surface area (Å²) in [6, 6.07) is 8.46. The second kappa shape index (κ2) is 3.05. The average molecular weight is 175 g/mol. The van der Waals surface area contributed by atoms with Crippen molar-refractivity contribution in [2.45, 2.75) is 6.92 Å². The molecule has 1 aromatic carbocycles. The molecule has 13 heavy (non-hydrogen) atoms. The minimum atomic E-state index is -0.201. The van der Waals surface area contributed by atoms with E-state index >= 15 is 0 Å². The summed E-state index contributed by atoms with van der Waals surface area (Å²) >= 11 is 0. The summed E-state index contributed by atoms with van der Waals surface area (Å²) in [4.78, 5) is 0. The number of aromatic nitrogens is 1. The molecule has 0 unspecified atom stereocenters. The normalized spacial score (nSPS) is 10.3. The van der Waals surface area contributed by atoms with E-state index in [2.05, 4.69) is 0 Å². The molecule has 0 amide bonds. The minimum absolute atomic E-state index is 0.201. The number of aryl methyl sites for hydroxylation is 1. The smallest absolute Gasteiger partial charge is 0.123 e. The standard InChI is InChI=1S/C11H10FN/c1-9-6-7-13(8-9)11-4-2-10(12)3-5-11/h2-8H,1H3. The summed E-state index contributed by atoms with van der Waals surface area (Å²) in [5.41, 5.74) is 2.18. The third-order valence-electron chi connectivity index (χ3n) is 1.97. The predicted octanol–water partition coefficient (Wildman–Crippen LogP) is 2.92. The molecule has 2 rings (SSSR count). The van der Waals surface area contributed by atoms with Crippen molar-refractivity contribution in [3.63, 3.8) is 0 Å². The number of hydrogen-bond donors (Lipinski definition) is 0. The van der Waals surface area contributed by atoms with Gasteiger partial charge in [0.15, 0.2) is 0 Å². The van der Waals surface area contributed by atoms with Gasteiger partial charge in [-0.1, -0.05) is 0 Å². The Bertz CT molecular complexity index is 400. The molecule has 0 fully saturated rings. The van der Waals surface area contributed by atoms with E-state index in [1.165, 1.54) is 17.7 Å². The van der Waals surface area contributed by atoms with Crippen LogP contribution in [0.5, 0.6) is 0 Å². The molecule has 0 radical (unpaired) electrons. The van der Waals surface area contributed by atoms with Crippen molar-refractivity contribution >= 4 is 0 Å². The van der Waals surface area contributed by atoms with Gasteiger partial charge in [0.05, 0.1) is 0 Å². The fourth-order valence-electron chi connectivity index (χ4n) is 1.28. The van der Waals surface area contributed by atoms with Crippen LogP contribution >= 0.6 is 0 Å². The van der Waals surface area contributed by atoms with Gasteiger partial charge in [-0.25, -0.2) is 4.39 Å². The van der Waals surface area contributed by atoms with Crippen molar-refractivity contribution in [2.75, 3.05) is 0 Å². The number of nitrogens with zero attached hydrogens (tertiary/aromatic N) is 1. The van der Waals surface area contributed by atoms with Crippen molar-refractivity contribution in [1.82, 2.24) is 4.57 Å². The molecular weight excluding hydrogens is 165 g/mol. The first kappa shape index (κ1) is 8.05. The van der Waals surface area contributed by atoms with Gasteiger partial charge in [0.2, 0.25) is 0 Å². The molecule has 1 heterocycles. The molecule has 0 aliphatic rings. The monoisotopic (exact) mass is 175 g/mol. The maximum atomic E-state index is 12.6. The Hall–Kier alpha value is -1.57. The summed E-state index contributed by atoms with van der Waals surface area (Å²) in [6.07, 6.45) is 3.97. The maximum Gasteiger partial charge on any atom is 0.123 e. The number of hydrogen-bond acceptors (Lipinski definition) is 0. The number of benzene rings is 1. The topological polar surface area (TPSA) is 4.93 Å². The minimum Gasteiger partial charge on any atom is -0.324 e. The van der Waals surface area contributed by atoms with Gasteiger partial charge in [-0.2, -0.15) is 0 Å². The third-order valence-corrected chi connectivity index (χ3v) is 1.97. The molecule has 0 N–H and O–H groups in total. The quantitative estimate of drug-likeness (QED) is 0.628. The molecule has 2 heteroatoms. The molecule has 0 spiro atoms. The summed E-state index contributed by atoms with van der Waals surface area (Å²) in [5.74, 6) is -0.201. The molecule has 0 aliphatic carbocycles. The fraction of sp³-hybridized carbons (Fsp3) is 0.0909. The zero-order valence-electron chi connectivity index (χ0n) is 7.37. The van der Waals surface area contributed by atoms with Crippen LogP contribution in [-0.2, 0) is 0 Å². The van der Waals surface area contributed by atoms with Gasteiger partial charge < -0.3 is 4.57 Å². The van der Waals surface area contributed by atoms with Gasteiger partial charge in [-0.05, 0) is 42.8 Å². The predicted molar refractivity (Wildman–Crippen MR) is 50.5 cm³/mol. The second-order valence-corrected chi connectivity index (χ2v) is 3.07. The largest absolute Gasteiger partial charge is 0.324 e. The summed E-state index contributed by atoms with van der Waals surface area (Å²) in [6.45, 7) is 2.03. The molecule has 0 aliphatic heterocycles. The molecule has 0 saturated heterocycles. The number of rotatable bonds is 1. The summed E-state index contributed by atoms with van der Waals surface area (Å²) in [5, 5.41) is 0. The van der Waals surface area contributed by atoms with E-state index in [1.807, 2.05) is 30.0 Å². The Morgan fingerprint density at radius 3 is 2.31 bits per heavy atom. The van der Waals surface area contributed by atoms with E-state index in [9.17, 15) is 4.39 Å². The van der Waals surface area contributed by atoms with Gasteiger partial charge in [0.1, 0.15) is 5.82 Å². The van der Waals surface area contributed by atoms with Crippen LogP contribution in [0.4, 0.5) is 4.39 Å². The Morgan fingerprint density at radius 2 is 1.77 bits per heavy atom. The third kappa shape index (κ3) is 1.61. The highest BCUT2D eigenvalue weighted by molar-refractivity contribution is 5.33. The van der Waals surface area contributed by atoms with Crippen molar-refractivity contribution in [3.05, 3.63) is 54.1 Å². The highest BCUT2D eigenvalue weighted by Gasteiger charge is 1.95. The Balaban J connectivity index is 2.41. The summed E-state index contributed by atoms with van der Waals surface area (Å²) in [7, 11) is 0. The van der Waals surface area contributed by atoms with E-state index in [-0.39, 0.29) is 5.82 Å². The molecule has 1 aromatic heterocycles. The first-order valence-corrected chi connectivity index (χ1v) is 4.16. The van der Waals surface area contributed by atoms with Crippen LogP contribution < -0.4 is 0 Å². The van der Waals surface area contributed by atoms with E-state index < -0.39 is 0 Å². The first-order chi connectivity index (χ1) is 6.25. The van der Waals surface area contributed by atoms with Crippen LogP contribution in [0.25, 0.3) is 5.69 Å². The van der Waals surface area contributed by atoms with Gasteiger partial charge in [-0.15, -0.1) is 0 Å². The molecule has 1 nitrogen and oxygen atoms in total. The van der Waals surface area contributed by atoms with Gasteiger partial charge in [0, 0.05) is 18.1 Å². The van der Waals surface area contributed by atoms with Crippen molar-refractivity contribution < 1.29 is 4.39 Å².